The number of benzene rings is 1. The molecular weight excluding hydrogens is 356 g/mol. The van der Waals surface area contributed by atoms with Crippen LogP contribution in [0.5, 0.6) is 0 Å². The van der Waals surface area contributed by atoms with Crippen molar-refractivity contribution in [2.24, 2.45) is 0 Å². The Hall–Kier alpha value is -0.740. The molecule has 0 spiro atoms. The number of rotatable bonds is 4. The molecule has 0 radical (unpaired) electrons. The summed E-state index contributed by atoms with van der Waals surface area (Å²) in [4.78, 5) is 9.05. The fourth-order valence-corrected chi connectivity index (χ4v) is 2.50. The SMILES string of the molecule is CCc1nc(Cc2ccc(Br)cc2)ncc1CBr. The Bertz CT molecular complexity index is 524. The number of nitrogens with zero attached hydrogens (tertiary/aromatic N) is 2. The van der Waals surface area contributed by atoms with E-state index in [0.717, 1.165) is 34.2 Å². The summed E-state index contributed by atoms with van der Waals surface area (Å²) in [6, 6.07) is 8.28. The molecule has 0 aliphatic rings. The standard InChI is InChI=1S/C14H14Br2N2/c1-2-13-11(8-15)9-17-14(18-13)7-10-3-5-12(16)6-4-10/h3-6,9H,2,7-8H2,1H3. The quantitative estimate of drug-likeness (QED) is 0.751. The third-order valence-corrected chi connectivity index (χ3v) is 3.89. The van der Waals surface area contributed by atoms with Crippen LogP contribution in [0.4, 0.5) is 0 Å². The van der Waals surface area contributed by atoms with Gasteiger partial charge < -0.3 is 0 Å². The molecule has 0 fully saturated rings. The van der Waals surface area contributed by atoms with Crippen LogP contribution in [0.1, 0.15) is 29.6 Å². The molecule has 2 rings (SSSR count). The maximum absolute atomic E-state index is 4.63. The van der Waals surface area contributed by atoms with Crippen molar-refractivity contribution in [1.29, 1.82) is 0 Å². The van der Waals surface area contributed by atoms with Gasteiger partial charge >= 0.3 is 0 Å². The third-order valence-electron chi connectivity index (χ3n) is 2.76. The minimum atomic E-state index is 0.781. The second kappa shape index (κ2) is 6.43. The predicted octanol–water partition coefficient (Wildman–Crippen LogP) is 4.29. The summed E-state index contributed by atoms with van der Waals surface area (Å²) in [5.74, 6) is 0.888. The Morgan fingerprint density at radius 2 is 1.89 bits per heavy atom. The molecule has 0 bridgehead atoms. The van der Waals surface area contributed by atoms with Crippen molar-refractivity contribution in [3.63, 3.8) is 0 Å². The Balaban J connectivity index is 2.21. The molecule has 2 aromatic rings. The van der Waals surface area contributed by atoms with Gasteiger partial charge in [-0.05, 0) is 24.1 Å². The van der Waals surface area contributed by atoms with Crippen molar-refractivity contribution in [2.45, 2.75) is 25.1 Å². The molecule has 0 N–H and O–H groups in total. The summed E-state index contributed by atoms with van der Waals surface area (Å²) in [5, 5.41) is 0.814. The third kappa shape index (κ3) is 3.39. The normalized spacial score (nSPS) is 10.6. The lowest BCUT2D eigenvalue weighted by Gasteiger charge is -2.06. The highest BCUT2D eigenvalue weighted by atomic mass is 79.9. The molecule has 2 nitrogen and oxygen atoms in total. The predicted molar refractivity (Wildman–Crippen MR) is 81.0 cm³/mol. The topological polar surface area (TPSA) is 25.8 Å². The van der Waals surface area contributed by atoms with Crippen LogP contribution in [-0.4, -0.2) is 9.97 Å². The second-order valence-electron chi connectivity index (χ2n) is 4.05. The highest BCUT2D eigenvalue weighted by Crippen LogP contribution is 2.15. The van der Waals surface area contributed by atoms with Crippen molar-refractivity contribution < 1.29 is 0 Å². The molecule has 94 valence electrons. The summed E-state index contributed by atoms with van der Waals surface area (Å²) < 4.78 is 1.09. The van der Waals surface area contributed by atoms with Crippen LogP contribution in [0, 0.1) is 0 Å². The first-order valence-electron chi connectivity index (χ1n) is 5.87. The zero-order chi connectivity index (χ0) is 13.0. The largest absolute Gasteiger partial charge is 0.241 e. The molecule has 4 heteroatoms. The van der Waals surface area contributed by atoms with E-state index in [1.807, 2.05) is 18.3 Å². The van der Waals surface area contributed by atoms with E-state index in [-0.39, 0.29) is 0 Å². The Morgan fingerprint density at radius 1 is 1.17 bits per heavy atom. The van der Waals surface area contributed by atoms with Crippen molar-refractivity contribution in [3.8, 4) is 0 Å². The van der Waals surface area contributed by atoms with Gasteiger partial charge in [-0.2, -0.15) is 0 Å². The minimum absolute atomic E-state index is 0.781. The average Bonchev–Trinajstić information content (AvgIpc) is 2.41. The lowest BCUT2D eigenvalue weighted by molar-refractivity contribution is 0.886. The summed E-state index contributed by atoms with van der Waals surface area (Å²) >= 11 is 6.90. The fraction of sp³-hybridized carbons (Fsp3) is 0.286. The van der Waals surface area contributed by atoms with E-state index in [9.17, 15) is 0 Å². The van der Waals surface area contributed by atoms with Crippen LogP contribution in [0.3, 0.4) is 0 Å². The van der Waals surface area contributed by atoms with E-state index in [0.29, 0.717) is 0 Å². The van der Waals surface area contributed by atoms with E-state index in [2.05, 4.69) is 60.9 Å². The van der Waals surface area contributed by atoms with E-state index >= 15 is 0 Å². The monoisotopic (exact) mass is 368 g/mol. The van der Waals surface area contributed by atoms with Crippen LogP contribution in [0.2, 0.25) is 0 Å². The van der Waals surface area contributed by atoms with Gasteiger partial charge in [-0.15, -0.1) is 0 Å². The summed E-state index contributed by atoms with van der Waals surface area (Å²) in [6.07, 6.45) is 3.65. The molecule has 0 saturated heterocycles. The Labute approximate surface area is 124 Å². The molecule has 0 unspecified atom stereocenters. The average molecular weight is 370 g/mol. The number of aryl methyl sites for hydroxylation is 1. The number of halogens is 2. The first kappa shape index (κ1) is 13.7. The van der Waals surface area contributed by atoms with E-state index < -0.39 is 0 Å². The van der Waals surface area contributed by atoms with Gasteiger partial charge in [0, 0.05) is 33.7 Å². The Morgan fingerprint density at radius 3 is 2.50 bits per heavy atom. The molecule has 1 heterocycles. The summed E-state index contributed by atoms with van der Waals surface area (Å²) in [6.45, 7) is 2.12. The highest BCUT2D eigenvalue weighted by molar-refractivity contribution is 9.10. The van der Waals surface area contributed by atoms with Gasteiger partial charge in [-0.25, -0.2) is 9.97 Å². The maximum Gasteiger partial charge on any atom is 0.132 e. The van der Waals surface area contributed by atoms with Gasteiger partial charge in [0.05, 0.1) is 0 Å². The van der Waals surface area contributed by atoms with Crippen molar-refractivity contribution in [3.05, 3.63) is 57.6 Å². The zero-order valence-electron chi connectivity index (χ0n) is 10.2. The molecular formula is C14H14Br2N2. The lowest BCUT2D eigenvalue weighted by atomic mass is 10.1. The second-order valence-corrected chi connectivity index (χ2v) is 5.52. The van der Waals surface area contributed by atoms with Crippen LogP contribution in [0.15, 0.2) is 34.9 Å². The molecule has 0 atom stereocenters. The fourth-order valence-electron chi connectivity index (χ4n) is 1.77. The molecule has 1 aromatic heterocycles. The van der Waals surface area contributed by atoms with Crippen molar-refractivity contribution in [2.75, 3.05) is 0 Å². The number of hydrogen-bond acceptors (Lipinski definition) is 2. The smallest absolute Gasteiger partial charge is 0.132 e. The summed E-state index contributed by atoms with van der Waals surface area (Å²) in [7, 11) is 0. The molecule has 0 aliphatic carbocycles. The molecule has 0 amide bonds. The van der Waals surface area contributed by atoms with Gasteiger partial charge in [-0.3, -0.25) is 0 Å². The van der Waals surface area contributed by atoms with Crippen LogP contribution >= 0.6 is 31.9 Å². The lowest BCUT2D eigenvalue weighted by Crippen LogP contribution is -2.03. The van der Waals surface area contributed by atoms with Crippen LogP contribution in [-0.2, 0) is 18.2 Å². The van der Waals surface area contributed by atoms with Crippen molar-refractivity contribution in [1.82, 2.24) is 9.97 Å². The van der Waals surface area contributed by atoms with Crippen molar-refractivity contribution >= 4 is 31.9 Å². The highest BCUT2D eigenvalue weighted by Gasteiger charge is 2.05. The van der Waals surface area contributed by atoms with Gasteiger partial charge in [0.1, 0.15) is 5.82 Å². The number of hydrogen-bond donors (Lipinski definition) is 0. The molecule has 0 aliphatic heterocycles. The first-order valence-corrected chi connectivity index (χ1v) is 7.78. The maximum atomic E-state index is 4.63. The molecule has 18 heavy (non-hydrogen) atoms. The number of aromatic nitrogens is 2. The zero-order valence-corrected chi connectivity index (χ0v) is 13.3. The molecule has 1 aromatic carbocycles. The molecule has 0 saturated carbocycles. The Kier molecular flexibility index (Phi) is 4.89. The number of alkyl halides is 1. The minimum Gasteiger partial charge on any atom is -0.241 e. The van der Waals surface area contributed by atoms with E-state index in [4.69, 9.17) is 0 Å². The van der Waals surface area contributed by atoms with Crippen LogP contribution < -0.4 is 0 Å². The van der Waals surface area contributed by atoms with Gasteiger partial charge in [-0.1, -0.05) is 50.9 Å². The summed E-state index contributed by atoms with van der Waals surface area (Å²) in [5.41, 5.74) is 3.54. The van der Waals surface area contributed by atoms with E-state index in [1.54, 1.807) is 0 Å². The van der Waals surface area contributed by atoms with Gasteiger partial charge in [0.2, 0.25) is 0 Å². The first-order chi connectivity index (χ1) is 8.72. The van der Waals surface area contributed by atoms with Crippen LogP contribution in [0.25, 0.3) is 0 Å². The van der Waals surface area contributed by atoms with E-state index in [1.165, 1.54) is 11.1 Å². The van der Waals surface area contributed by atoms with Gasteiger partial charge in [0.25, 0.3) is 0 Å². The van der Waals surface area contributed by atoms with Gasteiger partial charge in [0.15, 0.2) is 0 Å².